The van der Waals surface area contributed by atoms with Crippen LogP contribution < -0.4 is 0 Å². The zero-order valence-electron chi connectivity index (χ0n) is 18.3. The highest BCUT2D eigenvalue weighted by atomic mass is 17.0. The van der Waals surface area contributed by atoms with Crippen LogP contribution in [0.5, 0.6) is 0 Å². The first-order valence-corrected chi connectivity index (χ1v) is 9.61. The van der Waals surface area contributed by atoms with Gasteiger partial charge in [-0.1, -0.05) is 0 Å². The van der Waals surface area contributed by atoms with Gasteiger partial charge < -0.3 is 25.5 Å². The Balaban J connectivity index is 3.72. The Morgan fingerprint density at radius 3 is 1.67 bits per heavy atom. The molecule has 174 valence electrons. The van der Waals surface area contributed by atoms with E-state index in [1.165, 1.54) is 13.8 Å². The van der Waals surface area contributed by atoms with Crippen LogP contribution in [0.1, 0.15) is 67.2 Å². The first kappa shape index (κ1) is 26.2. The highest BCUT2D eigenvalue weighted by Gasteiger charge is 2.68. The molecule has 0 aromatic rings. The average molecular weight is 436 g/mol. The average Bonchev–Trinajstić information content (AvgIpc) is 2.45. The maximum Gasteiger partial charge on any atom is 0.343 e. The number of hydrogen-bond acceptors (Lipinski definition) is 7. The van der Waals surface area contributed by atoms with Gasteiger partial charge in [-0.25, -0.2) is 4.79 Å². The molecule has 0 aromatic heterocycles. The number of aliphatic hydroxyl groups is 2. The van der Waals surface area contributed by atoms with Gasteiger partial charge in [-0.05, 0) is 46.4 Å². The van der Waals surface area contributed by atoms with Gasteiger partial charge in [-0.2, -0.15) is 4.84 Å². The van der Waals surface area contributed by atoms with Crippen LogP contribution in [0.4, 0.5) is 0 Å². The SMILES string of the molecule is CC(C)(O)CO[N+]1(OC(CC(=O)O)(CC(=O)O)C(=O)O)C(C)(C)CC(O)CC1(C)C. The smallest absolute Gasteiger partial charge is 0.343 e. The third-order valence-corrected chi connectivity index (χ3v) is 5.23. The number of carbonyl (C=O) groups is 3. The maximum atomic E-state index is 12.2. The van der Waals surface area contributed by atoms with Crippen molar-refractivity contribution in [2.75, 3.05) is 6.61 Å². The van der Waals surface area contributed by atoms with Crippen molar-refractivity contribution in [3.05, 3.63) is 0 Å². The molecule has 0 bridgehead atoms. The van der Waals surface area contributed by atoms with Crippen LogP contribution in [0.2, 0.25) is 0 Å². The van der Waals surface area contributed by atoms with Crippen molar-refractivity contribution in [1.82, 2.24) is 0 Å². The van der Waals surface area contributed by atoms with E-state index in [0.717, 1.165) is 0 Å². The maximum absolute atomic E-state index is 12.2. The number of quaternary nitrogens is 1. The lowest BCUT2D eigenvalue weighted by atomic mass is 9.79. The molecule has 11 heteroatoms. The summed E-state index contributed by atoms with van der Waals surface area (Å²) >= 11 is 0. The number of carboxylic acid groups (broad SMARTS) is 3. The number of carboxylic acids is 3. The van der Waals surface area contributed by atoms with E-state index in [1.807, 2.05) is 0 Å². The number of piperidine rings is 1. The van der Waals surface area contributed by atoms with Gasteiger partial charge in [0.2, 0.25) is 5.60 Å². The predicted molar refractivity (Wildman–Crippen MR) is 102 cm³/mol. The van der Waals surface area contributed by atoms with Gasteiger partial charge in [-0.15, -0.1) is 4.84 Å². The molecule has 0 radical (unpaired) electrons. The molecule has 0 saturated carbocycles. The Morgan fingerprint density at radius 1 is 0.967 bits per heavy atom. The second-order valence-corrected chi connectivity index (χ2v) is 9.86. The van der Waals surface area contributed by atoms with E-state index in [0.29, 0.717) is 0 Å². The molecule has 1 aliphatic rings. The molecular formula is C19H34NO10+. The number of rotatable bonds is 10. The van der Waals surface area contributed by atoms with Crippen molar-refractivity contribution in [2.24, 2.45) is 0 Å². The number of hydrogen-bond donors (Lipinski definition) is 5. The molecule has 11 nitrogen and oxygen atoms in total. The van der Waals surface area contributed by atoms with Gasteiger partial charge in [-0.3, -0.25) is 9.59 Å². The van der Waals surface area contributed by atoms with E-state index >= 15 is 0 Å². The molecule has 0 unspecified atom stereocenters. The summed E-state index contributed by atoms with van der Waals surface area (Å²) in [5.41, 5.74) is -6.29. The highest BCUT2D eigenvalue weighted by Crippen LogP contribution is 2.49. The lowest BCUT2D eigenvalue weighted by molar-refractivity contribution is -1.31. The van der Waals surface area contributed by atoms with Gasteiger partial charge >= 0.3 is 17.9 Å². The summed E-state index contributed by atoms with van der Waals surface area (Å²) in [4.78, 5) is 46.2. The standard InChI is InChI=1S/C19H33NO10/c1-16(2)7-12(21)8-17(3,4)20(16,29-11-18(5,6)28)30-19(15(26)27,9-13(22)23)10-14(24)25/h12,21,28H,7-11H2,1-6H3,(H2-,22,23,24,25,26,27)/p+1. The van der Waals surface area contributed by atoms with Crippen molar-refractivity contribution < 1.29 is 54.4 Å². The number of nitrogens with zero attached hydrogens (tertiary/aromatic N) is 1. The minimum absolute atomic E-state index is 0.0954. The summed E-state index contributed by atoms with van der Waals surface area (Å²) in [6.45, 7) is 9.13. The summed E-state index contributed by atoms with van der Waals surface area (Å²) in [6.07, 6.45) is -2.85. The third-order valence-electron chi connectivity index (χ3n) is 5.23. The largest absolute Gasteiger partial charge is 0.481 e. The van der Waals surface area contributed by atoms with E-state index in [9.17, 15) is 39.9 Å². The summed E-state index contributed by atoms with van der Waals surface area (Å²) in [6, 6.07) is 0. The fourth-order valence-corrected chi connectivity index (χ4v) is 4.21. The monoisotopic (exact) mass is 436 g/mol. The van der Waals surface area contributed by atoms with Crippen molar-refractivity contribution in [3.63, 3.8) is 0 Å². The third kappa shape index (κ3) is 5.46. The number of aliphatic hydroxyl groups excluding tert-OH is 1. The second-order valence-electron chi connectivity index (χ2n) is 9.86. The molecular weight excluding hydrogens is 402 g/mol. The van der Waals surface area contributed by atoms with Gasteiger partial charge in [0.25, 0.3) is 0 Å². The molecule has 1 saturated heterocycles. The molecule has 1 aliphatic heterocycles. The minimum atomic E-state index is -2.66. The molecule has 0 atom stereocenters. The van der Waals surface area contributed by atoms with Crippen molar-refractivity contribution in [2.45, 2.75) is 95.6 Å². The normalized spacial score (nSPS) is 26.2. The Bertz CT molecular complexity index is 645. The lowest BCUT2D eigenvalue weighted by Gasteiger charge is -2.58. The Kier molecular flexibility index (Phi) is 7.34. The quantitative estimate of drug-likeness (QED) is 0.310. The summed E-state index contributed by atoms with van der Waals surface area (Å²) in [5, 5.41) is 49.1. The van der Waals surface area contributed by atoms with Gasteiger partial charge in [0.05, 0.1) is 24.5 Å². The molecule has 0 spiro atoms. The van der Waals surface area contributed by atoms with Crippen LogP contribution in [0.25, 0.3) is 0 Å². The first-order valence-electron chi connectivity index (χ1n) is 9.61. The molecule has 30 heavy (non-hydrogen) atoms. The van der Waals surface area contributed by atoms with Crippen LogP contribution in [0, 0.1) is 0 Å². The van der Waals surface area contributed by atoms with Crippen LogP contribution in [-0.4, -0.2) is 83.2 Å². The van der Waals surface area contributed by atoms with Crippen LogP contribution in [0.3, 0.4) is 0 Å². The predicted octanol–water partition coefficient (Wildman–Crippen LogP) is 0.922. The molecule has 0 aliphatic carbocycles. The zero-order valence-corrected chi connectivity index (χ0v) is 18.3. The number of aliphatic carboxylic acids is 3. The molecule has 0 aromatic carbocycles. The highest BCUT2D eigenvalue weighted by molar-refractivity contribution is 5.88. The van der Waals surface area contributed by atoms with Crippen molar-refractivity contribution >= 4 is 17.9 Å². The molecule has 1 heterocycles. The fraction of sp³-hybridized carbons (Fsp3) is 0.842. The molecule has 5 N–H and O–H groups in total. The van der Waals surface area contributed by atoms with Gasteiger partial charge in [0.15, 0.2) is 11.1 Å². The zero-order chi connectivity index (χ0) is 23.8. The van der Waals surface area contributed by atoms with Crippen molar-refractivity contribution in [1.29, 1.82) is 0 Å². The van der Waals surface area contributed by atoms with E-state index in [1.54, 1.807) is 27.7 Å². The minimum Gasteiger partial charge on any atom is -0.481 e. The fourth-order valence-electron chi connectivity index (χ4n) is 4.21. The Labute approximate surface area is 175 Å². The Morgan fingerprint density at radius 2 is 1.37 bits per heavy atom. The summed E-state index contributed by atoms with van der Waals surface area (Å²) in [5.74, 6) is -4.90. The Hall–Kier alpha value is -1.79. The van der Waals surface area contributed by atoms with Crippen LogP contribution in [0.15, 0.2) is 0 Å². The van der Waals surface area contributed by atoms with Crippen LogP contribution in [-0.2, 0) is 24.1 Å². The van der Waals surface area contributed by atoms with Crippen LogP contribution >= 0.6 is 0 Å². The van der Waals surface area contributed by atoms with E-state index in [2.05, 4.69) is 0 Å². The van der Waals surface area contributed by atoms with Gasteiger partial charge in [0.1, 0.15) is 6.61 Å². The lowest BCUT2D eigenvalue weighted by Crippen LogP contribution is -2.77. The van der Waals surface area contributed by atoms with E-state index in [-0.39, 0.29) is 19.4 Å². The molecule has 1 rings (SSSR count). The van der Waals surface area contributed by atoms with E-state index < -0.39 is 63.9 Å². The second kappa shape index (κ2) is 8.39. The molecule has 0 amide bonds. The summed E-state index contributed by atoms with van der Waals surface area (Å²) in [7, 11) is 0. The summed E-state index contributed by atoms with van der Waals surface area (Å²) < 4.78 is 0. The van der Waals surface area contributed by atoms with Crippen molar-refractivity contribution in [3.8, 4) is 0 Å². The molecule has 1 fully saturated rings. The first-order chi connectivity index (χ1) is 13.3. The van der Waals surface area contributed by atoms with Gasteiger partial charge in [0, 0.05) is 12.8 Å². The van der Waals surface area contributed by atoms with E-state index in [4.69, 9.17) is 9.68 Å². The number of hydroxylamine groups is 4. The topological polar surface area (TPSA) is 171 Å².